The quantitative estimate of drug-likeness (QED) is 0.358. The van der Waals surface area contributed by atoms with Crippen molar-refractivity contribution in [1.29, 1.82) is 0 Å². The summed E-state index contributed by atoms with van der Waals surface area (Å²) in [6.45, 7) is 3.48. The molecule has 4 aromatic rings. The molecule has 0 atom stereocenters. The van der Waals surface area contributed by atoms with Crippen molar-refractivity contribution in [1.82, 2.24) is 9.78 Å². The van der Waals surface area contributed by atoms with Crippen LogP contribution in [0, 0.1) is 6.92 Å². The molecule has 0 spiro atoms. The Bertz CT molecular complexity index is 1510. The minimum Gasteiger partial charge on any atom is -0.461 e. The summed E-state index contributed by atoms with van der Waals surface area (Å²) in [5.41, 5.74) is 0.437. The predicted molar refractivity (Wildman–Crippen MR) is 127 cm³/mol. The average molecular weight is 517 g/mol. The summed E-state index contributed by atoms with van der Waals surface area (Å²) in [4.78, 5) is 38.9. The molecule has 4 rings (SSSR count). The van der Waals surface area contributed by atoms with Gasteiger partial charge in [0.15, 0.2) is 5.69 Å². The maximum absolute atomic E-state index is 13.4. The summed E-state index contributed by atoms with van der Waals surface area (Å²) in [6, 6.07) is 11.3. The number of nitrogens with one attached hydrogen (secondary N) is 1. The molecule has 2 heterocycles. The number of alkyl halides is 3. The van der Waals surface area contributed by atoms with Crippen LogP contribution < -0.4 is 15.6 Å². The molecule has 36 heavy (non-hydrogen) atoms. The van der Waals surface area contributed by atoms with Gasteiger partial charge in [-0.1, -0.05) is 17.7 Å². The topological polar surface area (TPSA) is 99.5 Å². The van der Waals surface area contributed by atoms with Crippen molar-refractivity contribution in [2.75, 3.05) is 11.9 Å². The lowest BCUT2D eigenvalue weighted by atomic mass is 10.1. The van der Waals surface area contributed by atoms with Crippen LogP contribution in [0.3, 0.4) is 0 Å². The number of thiophene rings is 1. The Labute approximate surface area is 205 Å². The monoisotopic (exact) mass is 517 g/mol. The van der Waals surface area contributed by atoms with Gasteiger partial charge in [0.1, 0.15) is 10.8 Å². The van der Waals surface area contributed by atoms with E-state index in [-0.39, 0.29) is 33.8 Å². The second-order valence-corrected chi connectivity index (χ2v) is 8.38. The van der Waals surface area contributed by atoms with E-state index in [0.717, 1.165) is 33.7 Å². The maximum Gasteiger partial charge on any atom is 0.573 e. The van der Waals surface area contributed by atoms with Crippen molar-refractivity contribution in [3.63, 3.8) is 0 Å². The average Bonchev–Trinajstić information content (AvgIpc) is 3.23. The molecule has 0 aliphatic rings. The summed E-state index contributed by atoms with van der Waals surface area (Å²) in [5.74, 6) is -1.76. The van der Waals surface area contributed by atoms with E-state index < -0.39 is 29.5 Å². The number of anilines is 1. The fraction of sp³-hybridized carbons (Fsp3) is 0.167. The number of aryl methyl sites for hydroxylation is 1. The van der Waals surface area contributed by atoms with Crippen LogP contribution in [0.4, 0.5) is 18.2 Å². The number of amides is 1. The van der Waals surface area contributed by atoms with Crippen LogP contribution in [0.5, 0.6) is 5.75 Å². The Morgan fingerprint density at radius 2 is 1.86 bits per heavy atom. The van der Waals surface area contributed by atoms with E-state index in [1.54, 1.807) is 25.1 Å². The Hall–Kier alpha value is -4.19. The Kier molecular flexibility index (Phi) is 6.80. The minimum absolute atomic E-state index is 0.00896. The molecule has 0 radical (unpaired) electrons. The van der Waals surface area contributed by atoms with Crippen LogP contribution in [-0.4, -0.2) is 34.6 Å². The van der Waals surface area contributed by atoms with E-state index in [2.05, 4.69) is 15.2 Å². The largest absolute Gasteiger partial charge is 0.573 e. The number of halogens is 3. The highest BCUT2D eigenvalue weighted by Crippen LogP contribution is 2.31. The van der Waals surface area contributed by atoms with Gasteiger partial charge in [-0.2, -0.15) is 9.78 Å². The summed E-state index contributed by atoms with van der Waals surface area (Å²) in [5, 5.41) is 8.69. The molecule has 0 aliphatic heterocycles. The van der Waals surface area contributed by atoms with Crippen LogP contribution in [0.2, 0.25) is 0 Å². The summed E-state index contributed by atoms with van der Waals surface area (Å²) < 4.78 is 47.3. The molecule has 12 heteroatoms. The number of hydrogen-bond acceptors (Lipinski definition) is 7. The molecule has 0 bridgehead atoms. The zero-order valence-corrected chi connectivity index (χ0v) is 19.7. The van der Waals surface area contributed by atoms with Crippen molar-refractivity contribution < 1.29 is 32.2 Å². The number of benzene rings is 2. The fourth-order valence-corrected chi connectivity index (χ4v) is 4.35. The molecule has 2 aromatic carbocycles. The molecule has 0 fully saturated rings. The van der Waals surface area contributed by atoms with Gasteiger partial charge in [-0.15, -0.1) is 24.5 Å². The van der Waals surface area contributed by atoms with E-state index in [1.807, 2.05) is 13.0 Å². The number of carbonyl (C=O) groups is 2. The van der Waals surface area contributed by atoms with Gasteiger partial charge < -0.3 is 14.8 Å². The Morgan fingerprint density at radius 1 is 1.14 bits per heavy atom. The van der Waals surface area contributed by atoms with Gasteiger partial charge in [0, 0.05) is 16.3 Å². The van der Waals surface area contributed by atoms with E-state index in [0.29, 0.717) is 5.56 Å². The first-order chi connectivity index (χ1) is 17.1. The van der Waals surface area contributed by atoms with Gasteiger partial charge in [-0.05, 0) is 50.2 Å². The molecule has 0 aliphatic carbocycles. The highest BCUT2D eigenvalue weighted by Gasteiger charge is 2.31. The molecule has 186 valence electrons. The lowest BCUT2D eigenvalue weighted by molar-refractivity contribution is -0.274. The number of rotatable bonds is 6. The molecule has 8 nitrogen and oxygen atoms in total. The maximum atomic E-state index is 13.4. The number of hydrogen-bond donors (Lipinski definition) is 1. The van der Waals surface area contributed by atoms with Crippen molar-refractivity contribution in [2.24, 2.45) is 0 Å². The third kappa shape index (κ3) is 5.23. The lowest BCUT2D eigenvalue weighted by Crippen LogP contribution is -2.25. The van der Waals surface area contributed by atoms with Crippen molar-refractivity contribution >= 4 is 39.0 Å². The van der Waals surface area contributed by atoms with E-state index >= 15 is 0 Å². The molecule has 1 N–H and O–H groups in total. The molecule has 2 aromatic heterocycles. The molecule has 0 saturated heterocycles. The first-order valence-corrected chi connectivity index (χ1v) is 11.4. The van der Waals surface area contributed by atoms with E-state index in [1.165, 1.54) is 17.5 Å². The predicted octanol–water partition coefficient (Wildman–Crippen LogP) is 5.08. The smallest absolute Gasteiger partial charge is 0.461 e. The number of aromatic nitrogens is 2. The van der Waals surface area contributed by atoms with Gasteiger partial charge in [0.25, 0.3) is 11.5 Å². The summed E-state index contributed by atoms with van der Waals surface area (Å²) >= 11 is 1.03. The van der Waals surface area contributed by atoms with Gasteiger partial charge >= 0.3 is 12.3 Å². The SMILES string of the molecule is CCOC(=O)c1nn(-c2ccc(OC(F)(F)F)cc2)c(=O)c2c(NC(=O)c3cccc(C)c3)scc12. The normalized spacial score (nSPS) is 11.4. The standard InChI is InChI=1S/C24H18F3N3O5S/c1-3-34-23(33)19-17-12-36-21(28-20(31)14-6-4-5-13(2)11-14)18(17)22(32)30(29-19)15-7-9-16(10-8-15)35-24(25,26)27/h4-12H,3H2,1-2H3,(H,28,31). The third-order valence-corrected chi connectivity index (χ3v) is 5.84. The zero-order chi connectivity index (χ0) is 26.0. The van der Waals surface area contributed by atoms with Crippen molar-refractivity contribution in [3.05, 3.63) is 81.1 Å². The number of ether oxygens (including phenoxy) is 2. The van der Waals surface area contributed by atoms with Crippen LogP contribution in [-0.2, 0) is 4.74 Å². The van der Waals surface area contributed by atoms with Gasteiger partial charge in [0.2, 0.25) is 0 Å². The van der Waals surface area contributed by atoms with Gasteiger partial charge in [0.05, 0.1) is 17.7 Å². The summed E-state index contributed by atoms with van der Waals surface area (Å²) in [6.07, 6.45) is -4.88. The molecule has 0 unspecified atom stereocenters. The number of nitrogens with zero attached hydrogens (tertiary/aromatic N) is 2. The van der Waals surface area contributed by atoms with Crippen molar-refractivity contribution in [3.8, 4) is 11.4 Å². The van der Waals surface area contributed by atoms with Crippen LogP contribution in [0.15, 0.2) is 58.7 Å². The molecule has 0 saturated carbocycles. The van der Waals surface area contributed by atoms with E-state index in [9.17, 15) is 27.6 Å². The Morgan fingerprint density at radius 3 is 2.50 bits per heavy atom. The second-order valence-electron chi connectivity index (χ2n) is 7.50. The first-order valence-electron chi connectivity index (χ1n) is 10.5. The minimum atomic E-state index is -4.88. The molecular weight excluding hydrogens is 499 g/mol. The molecule has 1 amide bonds. The highest BCUT2D eigenvalue weighted by molar-refractivity contribution is 7.16. The van der Waals surface area contributed by atoms with E-state index in [4.69, 9.17) is 4.74 Å². The number of carbonyl (C=O) groups excluding carboxylic acids is 2. The van der Waals surface area contributed by atoms with Crippen LogP contribution >= 0.6 is 11.3 Å². The number of esters is 1. The third-order valence-electron chi connectivity index (χ3n) is 4.94. The molecular formula is C24H18F3N3O5S. The first kappa shape index (κ1) is 24.9. The van der Waals surface area contributed by atoms with Gasteiger partial charge in [-0.3, -0.25) is 9.59 Å². The zero-order valence-electron chi connectivity index (χ0n) is 18.9. The fourth-order valence-electron chi connectivity index (χ4n) is 3.42. The summed E-state index contributed by atoms with van der Waals surface area (Å²) in [7, 11) is 0. The Balaban J connectivity index is 1.82. The van der Waals surface area contributed by atoms with Gasteiger partial charge in [-0.25, -0.2) is 4.79 Å². The lowest BCUT2D eigenvalue weighted by Gasteiger charge is -2.12. The van der Waals surface area contributed by atoms with Crippen molar-refractivity contribution in [2.45, 2.75) is 20.2 Å². The second kappa shape index (κ2) is 9.82. The number of fused-ring (bicyclic) bond motifs is 1. The van der Waals surface area contributed by atoms with Crippen LogP contribution in [0.25, 0.3) is 16.5 Å². The van der Waals surface area contributed by atoms with Crippen LogP contribution in [0.1, 0.15) is 33.3 Å². The highest BCUT2D eigenvalue weighted by atomic mass is 32.1.